The second-order valence-electron chi connectivity index (χ2n) is 10.6. The Morgan fingerprint density at radius 2 is 1.82 bits per heavy atom. The van der Waals surface area contributed by atoms with Gasteiger partial charge in [-0.25, -0.2) is 10.0 Å². The average molecular weight is 538 g/mol. The van der Waals surface area contributed by atoms with Crippen molar-refractivity contribution in [1.82, 2.24) is 24.4 Å². The number of amides is 1. The molecule has 0 saturated carbocycles. The van der Waals surface area contributed by atoms with Crippen molar-refractivity contribution in [2.75, 3.05) is 14.2 Å². The van der Waals surface area contributed by atoms with E-state index in [0.29, 0.717) is 22.8 Å². The summed E-state index contributed by atoms with van der Waals surface area (Å²) in [4.78, 5) is 24.1. The first kappa shape index (κ1) is 27.8. The van der Waals surface area contributed by atoms with Crippen molar-refractivity contribution in [3.05, 3.63) is 69.8 Å². The zero-order chi connectivity index (χ0) is 27.9. The smallest absolute Gasteiger partial charge is 0.279 e. The Morgan fingerprint density at radius 3 is 2.37 bits per heavy atom. The van der Waals surface area contributed by atoms with Crippen molar-refractivity contribution < 1.29 is 14.4 Å². The summed E-state index contributed by atoms with van der Waals surface area (Å²) < 4.78 is 10.5. The second-order valence-corrected chi connectivity index (χ2v) is 11.1. The van der Waals surface area contributed by atoms with Gasteiger partial charge in [-0.05, 0) is 64.8 Å². The Hall–Kier alpha value is -3.20. The van der Waals surface area contributed by atoms with E-state index in [1.165, 1.54) is 12.2 Å². The van der Waals surface area contributed by atoms with Crippen LogP contribution in [0.25, 0.3) is 22.2 Å². The number of nitrogens with zero attached hydrogens (tertiary/aromatic N) is 5. The third kappa shape index (κ3) is 5.34. The molecule has 0 radical (unpaired) electrons. The van der Waals surface area contributed by atoms with Crippen molar-refractivity contribution in [2.24, 2.45) is 7.05 Å². The van der Waals surface area contributed by atoms with E-state index < -0.39 is 11.7 Å². The van der Waals surface area contributed by atoms with Crippen molar-refractivity contribution >= 4 is 28.5 Å². The highest BCUT2D eigenvalue weighted by molar-refractivity contribution is 6.30. The Bertz CT molecular complexity index is 1480. The molecule has 4 rings (SSSR count). The van der Waals surface area contributed by atoms with Crippen LogP contribution >= 0.6 is 11.6 Å². The number of hydrogen-bond acceptors (Lipinski definition) is 5. The van der Waals surface area contributed by atoms with Crippen LogP contribution in [0.2, 0.25) is 5.02 Å². The van der Waals surface area contributed by atoms with Crippen LogP contribution in [0.1, 0.15) is 55.0 Å². The summed E-state index contributed by atoms with van der Waals surface area (Å²) in [5.41, 5.74) is 6.75. The minimum absolute atomic E-state index is 0.314. The van der Waals surface area contributed by atoms with Gasteiger partial charge in [0, 0.05) is 58.8 Å². The van der Waals surface area contributed by atoms with Gasteiger partial charge in [0.2, 0.25) is 0 Å². The van der Waals surface area contributed by atoms with Gasteiger partial charge >= 0.3 is 0 Å². The zero-order valence-corrected chi connectivity index (χ0v) is 24.3. The van der Waals surface area contributed by atoms with Crippen molar-refractivity contribution in [2.45, 2.75) is 59.8 Å². The fraction of sp³-hybridized carbons (Fsp3) is 0.414. The van der Waals surface area contributed by atoms with E-state index in [0.717, 1.165) is 39.0 Å². The highest BCUT2D eigenvalue weighted by Gasteiger charge is 2.35. The quantitative estimate of drug-likeness (QED) is 0.273. The largest absolute Gasteiger partial charge is 0.358 e. The van der Waals surface area contributed by atoms with Crippen LogP contribution in [-0.2, 0) is 28.0 Å². The van der Waals surface area contributed by atoms with Gasteiger partial charge in [-0.2, -0.15) is 5.10 Å². The number of carbonyl (C=O) groups is 1. The van der Waals surface area contributed by atoms with E-state index in [1.54, 1.807) is 11.7 Å². The van der Waals surface area contributed by atoms with Gasteiger partial charge in [0.15, 0.2) is 6.10 Å². The van der Waals surface area contributed by atoms with E-state index in [1.807, 2.05) is 71.4 Å². The fourth-order valence-electron chi connectivity index (χ4n) is 4.80. The monoisotopic (exact) mass is 537 g/mol. The average Bonchev–Trinajstić information content (AvgIpc) is 3.37. The third-order valence-electron chi connectivity index (χ3n) is 6.76. The lowest BCUT2D eigenvalue weighted by Gasteiger charge is -2.31. The number of pyridine rings is 1. The van der Waals surface area contributed by atoms with Crippen LogP contribution < -0.4 is 0 Å². The maximum atomic E-state index is 13.7. The predicted molar refractivity (Wildman–Crippen MR) is 150 cm³/mol. The molecule has 0 spiro atoms. The molecule has 0 fully saturated rings. The molecule has 4 aromatic rings. The first-order valence-electron chi connectivity index (χ1n) is 12.5. The maximum Gasteiger partial charge on any atom is 0.279 e. The van der Waals surface area contributed by atoms with E-state index in [-0.39, 0.29) is 5.91 Å². The van der Waals surface area contributed by atoms with Crippen LogP contribution in [0.4, 0.5) is 0 Å². The second kappa shape index (κ2) is 10.5. The molecule has 1 amide bonds. The van der Waals surface area contributed by atoms with Gasteiger partial charge in [-0.1, -0.05) is 23.7 Å². The van der Waals surface area contributed by atoms with E-state index in [4.69, 9.17) is 26.2 Å². The molecule has 9 heteroatoms. The van der Waals surface area contributed by atoms with Crippen LogP contribution in [0.3, 0.4) is 0 Å². The number of aryl methyl sites for hydroxylation is 3. The first-order chi connectivity index (χ1) is 17.8. The number of rotatable bonds is 7. The molecule has 0 unspecified atom stereocenters. The topological polar surface area (TPSA) is 74.4 Å². The molecule has 1 atom stereocenters. The molecular formula is C29H36ClN5O3. The number of ether oxygens (including phenoxy) is 1. The number of fused-ring (bicyclic) bond motifs is 1. The van der Waals surface area contributed by atoms with Gasteiger partial charge in [-0.3, -0.25) is 14.3 Å². The number of carbonyl (C=O) groups excluding carboxylic acids is 1. The Balaban J connectivity index is 2.08. The summed E-state index contributed by atoms with van der Waals surface area (Å²) in [7, 11) is 4.96. The van der Waals surface area contributed by atoms with Crippen LogP contribution in [0.5, 0.6) is 0 Å². The lowest BCUT2D eigenvalue weighted by Crippen LogP contribution is -2.36. The molecule has 8 nitrogen and oxygen atoms in total. The number of halogens is 1. The number of likely N-dealkylation sites (N-methyl/N-ethyl adjacent to an activating group) is 1. The van der Waals surface area contributed by atoms with E-state index >= 15 is 0 Å². The minimum atomic E-state index is -0.941. The third-order valence-corrected chi connectivity index (χ3v) is 7.01. The molecule has 202 valence electrons. The summed E-state index contributed by atoms with van der Waals surface area (Å²) >= 11 is 6.28. The van der Waals surface area contributed by atoms with Gasteiger partial charge in [0.05, 0.1) is 25.5 Å². The van der Waals surface area contributed by atoms with Gasteiger partial charge in [0.1, 0.15) is 5.65 Å². The highest BCUT2D eigenvalue weighted by atomic mass is 35.5. The molecule has 3 heterocycles. The minimum Gasteiger partial charge on any atom is -0.358 e. The number of hydrogen-bond donors (Lipinski definition) is 0. The maximum absolute atomic E-state index is 13.7. The van der Waals surface area contributed by atoms with Crippen molar-refractivity contribution in [1.29, 1.82) is 0 Å². The molecule has 3 aromatic heterocycles. The van der Waals surface area contributed by atoms with Crippen molar-refractivity contribution in [3.8, 4) is 11.1 Å². The van der Waals surface area contributed by atoms with Gasteiger partial charge in [-0.15, -0.1) is 0 Å². The molecule has 0 bridgehead atoms. The predicted octanol–water partition coefficient (Wildman–Crippen LogP) is 5.94. The first-order valence-corrected chi connectivity index (χ1v) is 12.9. The normalized spacial score (nSPS) is 12.8. The summed E-state index contributed by atoms with van der Waals surface area (Å²) in [5, 5.41) is 7.15. The molecule has 0 aliphatic heterocycles. The van der Waals surface area contributed by atoms with Gasteiger partial charge in [0.25, 0.3) is 5.91 Å². The molecule has 1 aromatic carbocycles. The lowest BCUT2D eigenvalue weighted by molar-refractivity contribution is -0.189. The highest BCUT2D eigenvalue weighted by Crippen LogP contribution is 2.42. The molecule has 0 aliphatic rings. The van der Waals surface area contributed by atoms with Gasteiger partial charge < -0.3 is 9.30 Å². The van der Waals surface area contributed by atoms with Crippen LogP contribution in [-0.4, -0.2) is 50.1 Å². The number of hydroxylamine groups is 2. The molecule has 38 heavy (non-hydrogen) atoms. The molecule has 0 N–H and O–H groups in total. The Labute approximate surface area is 229 Å². The fourth-order valence-corrected chi connectivity index (χ4v) is 4.93. The van der Waals surface area contributed by atoms with E-state index in [2.05, 4.69) is 23.5 Å². The molecule has 0 aliphatic carbocycles. The number of aromatic nitrogens is 4. The lowest BCUT2D eigenvalue weighted by atomic mass is 9.90. The summed E-state index contributed by atoms with van der Waals surface area (Å²) in [6.45, 7) is 12.6. The molecular weight excluding hydrogens is 502 g/mol. The Kier molecular flexibility index (Phi) is 7.70. The summed E-state index contributed by atoms with van der Waals surface area (Å²) in [6, 6.07) is 7.68. The summed E-state index contributed by atoms with van der Waals surface area (Å²) in [5.74, 6) is -0.314. The molecule has 0 saturated heterocycles. The van der Waals surface area contributed by atoms with Crippen molar-refractivity contribution in [3.63, 3.8) is 0 Å². The zero-order valence-electron chi connectivity index (χ0n) is 23.6. The Morgan fingerprint density at radius 1 is 1.16 bits per heavy atom. The SMILES string of the molecule is CON(C)C(=O)[C@@H](OC(C)(C)C)c1c(C)nc2c(c(C)c(C)n2Cc2cnn(C)c2)c1-c1ccc(Cl)cc1. The summed E-state index contributed by atoms with van der Waals surface area (Å²) in [6.07, 6.45) is 2.94. The standard InChI is InChI=1S/C29H36ClN5O3/c1-17-19(3)35(16-20-14-31-33(7)15-20)27-23(17)25(21-10-12-22(30)13-11-21)24(18(2)32-27)26(38-29(4,5)6)28(36)34(8)37-9/h10-15,26H,16H2,1-9H3/t26-/m0/s1. The van der Waals surface area contributed by atoms with Crippen LogP contribution in [0.15, 0.2) is 36.7 Å². The van der Waals surface area contributed by atoms with E-state index in [9.17, 15) is 4.79 Å². The number of benzene rings is 1. The van der Waals surface area contributed by atoms with Crippen LogP contribution in [0, 0.1) is 20.8 Å².